The van der Waals surface area contributed by atoms with E-state index in [1.165, 1.54) is 0 Å². The van der Waals surface area contributed by atoms with Crippen LogP contribution in [0.4, 0.5) is 0 Å². The molecule has 2 N–H and O–H groups in total. The topological polar surface area (TPSA) is 57.8 Å². The lowest BCUT2D eigenvalue weighted by molar-refractivity contribution is -0.116. The highest BCUT2D eigenvalue weighted by Gasteiger charge is 2.03. The molecule has 0 radical (unpaired) electrons. The number of aromatic nitrogens is 2. The lowest BCUT2D eigenvalue weighted by Crippen LogP contribution is -2.20. The van der Waals surface area contributed by atoms with E-state index in [4.69, 9.17) is 0 Å². The molecule has 0 spiro atoms. The number of nitrogens with one attached hydrogen (secondary N) is 2. The number of carbonyl (C=O) groups is 1. The fourth-order valence-corrected chi connectivity index (χ4v) is 2.28. The average Bonchev–Trinajstić information content (AvgIpc) is 2.93. The summed E-state index contributed by atoms with van der Waals surface area (Å²) in [5.41, 5.74) is 4.04. The number of hydrogen-bond donors (Lipinski definition) is 2. The minimum Gasteiger partial charge on any atom is -0.348 e. The number of nitrogens with zero attached hydrogens (tertiary/aromatic N) is 1. The fourth-order valence-electron chi connectivity index (χ4n) is 2.28. The first-order valence-electron chi connectivity index (χ1n) is 7.17. The van der Waals surface area contributed by atoms with Gasteiger partial charge in [0.2, 0.25) is 5.91 Å². The van der Waals surface area contributed by atoms with Crippen LogP contribution in [0.1, 0.15) is 16.8 Å². The number of H-pyrrole nitrogens is 1. The van der Waals surface area contributed by atoms with E-state index in [1.54, 1.807) is 12.2 Å². The van der Waals surface area contributed by atoms with Crippen LogP contribution >= 0.6 is 0 Å². The zero-order valence-electron chi connectivity index (χ0n) is 12.3. The molecule has 4 heteroatoms. The predicted octanol–water partition coefficient (Wildman–Crippen LogP) is 3.20. The van der Waals surface area contributed by atoms with Gasteiger partial charge in [-0.2, -0.15) is 5.10 Å². The Morgan fingerprint density at radius 2 is 2.05 bits per heavy atom. The molecule has 0 unspecified atom stereocenters. The molecule has 0 saturated heterocycles. The number of carbonyl (C=O) groups excluding carboxylic acids is 1. The maximum atomic E-state index is 11.9. The average molecular weight is 291 g/mol. The first-order chi connectivity index (χ1) is 10.7. The van der Waals surface area contributed by atoms with Crippen molar-refractivity contribution in [2.24, 2.45) is 0 Å². The van der Waals surface area contributed by atoms with E-state index in [1.807, 2.05) is 49.4 Å². The van der Waals surface area contributed by atoms with Crippen LogP contribution in [0.5, 0.6) is 0 Å². The van der Waals surface area contributed by atoms with Gasteiger partial charge in [-0.05, 0) is 36.3 Å². The van der Waals surface area contributed by atoms with Gasteiger partial charge in [0, 0.05) is 23.7 Å². The number of aryl methyl sites for hydroxylation is 1. The van der Waals surface area contributed by atoms with Gasteiger partial charge in [-0.25, -0.2) is 0 Å². The summed E-state index contributed by atoms with van der Waals surface area (Å²) >= 11 is 0. The van der Waals surface area contributed by atoms with Crippen molar-refractivity contribution >= 4 is 22.9 Å². The third-order valence-electron chi connectivity index (χ3n) is 3.50. The fraction of sp³-hybridized carbons (Fsp3) is 0.111. The molecule has 3 aromatic rings. The Kier molecular flexibility index (Phi) is 4.01. The number of aromatic amines is 1. The van der Waals surface area contributed by atoms with Gasteiger partial charge >= 0.3 is 0 Å². The number of benzene rings is 2. The van der Waals surface area contributed by atoms with Crippen molar-refractivity contribution in [2.45, 2.75) is 13.5 Å². The number of rotatable bonds is 4. The van der Waals surface area contributed by atoms with Crippen LogP contribution in [0, 0.1) is 6.92 Å². The second kappa shape index (κ2) is 6.26. The van der Waals surface area contributed by atoms with Gasteiger partial charge < -0.3 is 5.32 Å². The Morgan fingerprint density at radius 1 is 1.23 bits per heavy atom. The van der Waals surface area contributed by atoms with Gasteiger partial charge in [0.05, 0.1) is 5.52 Å². The summed E-state index contributed by atoms with van der Waals surface area (Å²) in [6, 6.07) is 15.7. The maximum absolute atomic E-state index is 11.9. The zero-order chi connectivity index (χ0) is 15.4. The van der Waals surface area contributed by atoms with Crippen molar-refractivity contribution in [3.63, 3.8) is 0 Å². The molecule has 0 saturated carbocycles. The minimum absolute atomic E-state index is 0.104. The van der Waals surface area contributed by atoms with E-state index in [-0.39, 0.29) is 5.91 Å². The van der Waals surface area contributed by atoms with E-state index < -0.39 is 0 Å². The maximum Gasteiger partial charge on any atom is 0.244 e. The lowest BCUT2D eigenvalue weighted by Gasteiger charge is -2.03. The molecule has 22 heavy (non-hydrogen) atoms. The second-order valence-electron chi connectivity index (χ2n) is 5.16. The zero-order valence-corrected chi connectivity index (χ0v) is 12.3. The molecule has 4 nitrogen and oxygen atoms in total. The van der Waals surface area contributed by atoms with Crippen molar-refractivity contribution < 1.29 is 4.79 Å². The van der Waals surface area contributed by atoms with Gasteiger partial charge in [-0.1, -0.05) is 36.4 Å². The molecule has 0 aliphatic heterocycles. The van der Waals surface area contributed by atoms with Crippen molar-refractivity contribution in [3.05, 3.63) is 71.4 Å². The normalized spacial score (nSPS) is 11.1. The van der Waals surface area contributed by atoms with Crippen LogP contribution in [0.25, 0.3) is 17.0 Å². The molecule has 1 aromatic heterocycles. The largest absolute Gasteiger partial charge is 0.348 e. The molecular weight excluding hydrogens is 274 g/mol. The highest BCUT2D eigenvalue weighted by Crippen LogP contribution is 2.16. The highest BCUT2D eigenvalue weighted by molar-refractivity contribution is 5.91. The van der Waals surface area contributed by atoms with Gasteiger partial charge in [-0.15, -0.1) is 0 Å². The SMILES string of the molecule is Cc1[nH]nc2ccc(CNC(=O)/C=C/c3ccccc3)cc12. The summed E-state index contributed by atoms with van der Waals surface area (Å²) in [5.74, 6) is -0.104. The van der Waals surface area contributed by atoms with Crippen molar-refractivity contribution in [1.82, 2.24) is 15.5 Å². The van der Waals surface area contributed by atoms with Crippen LogP contribution < -0.4 is 5.32 Å². The molecule has 1 amide bonds. The lowest BCUT2D eigenvalue weighted by atomic mass is 10.1. The van der Waals surface area contributed by atoms with Gasteiger partial charge in [0.1, 0.15) is 0 Å². The Bertz CT molecular complexity index is 819. The predicted molar refractivity (Wildman–Crippen MR) is 88.2 cm³/mol. The second-order valence-corrected chi connectivity index (χ2v) is 5.16. The van der Waals surface area contributed by atoms with E-state index in [9.17, 15) is 4.79 Å². The van der Waals surface area contributed by atoms with Crippen molar-refractivity contribution in [2.75, 3.05) is 0 Å². The quantitative estimate of drug-likeness (QED) is 0.725. The van der Waals surface area contributed by atoms with Crippen LogP contribution in [0.3, 0.4) is 0 Å². The molecule has 2 aromatic carbocycles. The summed E-state index contributed by atoms with van der Waals surface area (Å²) < 4.78 is 0. The summed E-state index contributed by atoms with van der Waals surface area (Å²) in [4.78, 5) is 11.9. The Labute approximate surface area is 128 Å². The molecule has 0 aliphatic rings. The first-order valence-corrected chi connectivity index (χ1v) is 7.17. The Hall–Kier alpha value is -2.88. The molecule has 1 heterocycles. The number of amides is 1. The Balaban J connectivity index is 1.62. The van der Waals surface area contributed by atoms with Crippen molar-refractivity contribution in [1.29, 1.82) is 0 Å². The third-order valence-corrected chi connectivity index (χ3v) is 3.50. The summed E-state index contributed by atoms with van der Waals surface area (Å²) in [6.07, 6.45) is 3.36. The van der Waals surface area contributed by atoms with Crippen molar-refractivity contribution in [3.8, 4) is 0 Å². The molecule has 110 valence electrons. The Morgan fingerprint density at radius 3 is 2.86 bits per heavy atom. The molecule has 0 fully saturated rings. The third kappa shape index (κ3) is 3.23. The van der Waals surface area contributed by atoms with Gasteiger partial charge in [0.25, 0.3) is 0 Å². The van der Waals surface area contributed by atoms with Gasteiger partial charge in [-0.3, -0.25) is 9.89 Å². The monoisotopic (exact) mass is 291 g/mol. The minimum atomic E-state index is -0.104. The summed E-state index contributed by atoms with van der Waals surface area (Å²) in [7, 11) is 0. The van der Waals surface area contributed by atoms with E-state index >= 15 is 0 Å². The molecule has 0 bridgehead atoms. The molecule has 0 aliphatic carbocycles. The van der Waals surface area contributed by atoms with E-state index in [0.29, 0.717) is 6.54 Å². The molecule has 3 rings (SSSR count). The standard InChI is InChI=1S/C18H17N3O/c1-13-16-11-15(7-9-17(16)21-20-13)12-19-18(22)10-8-14-5-3-2-4-6-14/h2-11H,12H2,1H3,(H,19,22)(H,20,21)/b10-8+. The smallest absolute Gasteiger partial charge is 0.244 e. The van der Waals surface area contributed by atoms with E-state index in [0.717, 1.165) is 27.7 Å². The highest BCUT2D eigenvalue weighted by atomic mass is 16.1. The summed E-state index contributed by atoms with van der Waals surface area (Å²) in [6.45, 7) is 2.48. The van der Waals surface area contributed by atoms with Crippen LogP contribution in [-0.4, -0.2) is 16.1 Å². The number of fused-ring (bicyclic) bond motifs is 1. The number of hydrogen-bond acceptors (Lipinski definition) is 2. The van der Waals surface area contributed by atoms with Crippen LogP contribution in [0.2, 0.25) is 0 Å². The molecular formula is C18H17N3O. The van der Waals surface area contributed by atoms with Crippen LogP contribution in [0.15, 0.2) is 54.6 Å². The first kappa shape index (κ1) is 14.1. The molecule has 0 atom stereocenters. The van der Waals surface area contributed by atoms with Gasteiger partial charge in [0.15, 0.2) is 0 Å². The summed E-state index contributed by atoms with van der Waals surface area (Å²) in [5, 5.41) is 11.1. The van der Waals surface area contributed by atoms with E-state index in [2.05, 4.69) is 21.6 Å². The van der Waals surface area contributed by atoms with Crippen LogP contribution in [-0.2, 0) is 11.3 Å².